The van der Waals surface area contributed by atoms with E-state index in [2.05, 4.69) is 23.9 Å². The monoisotopic (exact) mass is 374 g/mol. The molecule has 0 aromatic heterocycles. The van der Waals surface area contributed by atoms with Gasteiger partial charge < -0.3 is 5.32 Å². The highest BCUT2D eigenvalue weighted by molar-refractivity contribution is 7.92. The van der Waals surface area contributed by atoms with Crippen LogP contribution in [0.2, 0.25) is 0 Å². The Labute approximate surface area is 155 Å². The Kier molecular flexibility index (Phi) is 6.42. The van der Waals surface area contributed by atoms with Crippen LogP contribution < -0.4 is 10.0 Å². The molecule has 0 atom stereocenters. The predicted octanol–water partition coefficient (Wildman–Crippen LogP) is 3.88. The first-order valence-electron chi connectivity index (χ1n) is 8.67. The number of anilines is 1. The highest BCUT2D eigenvalue weighted by Gasteiger charge is 2.18. The summed E-state index contributed by atoms with van der Waals surface area (Å²) in [7, 11) is -3.77. The van der Waals surface area contributed by atoms with Gasteiger partial charge in [-0.05, 0) is 61.6 Å². The number of carbonyl (C=O) groups excluding carboxylic acids is 1. The molecule has 0 unspecified atom stereocenters. The van der Waals surface area contributed by atoms with Gasteiger partial charge in [-0.3, -0.25) is 9.52 Å². The molecule has 0 aliphatic rings. The van der Waals surface area contributed by atoms with Crippen LogP contribution in [0.25, 0.3) is 0 Å². The van der Waals surface area contributed by atoms with Crippen LogP contribution in [-0.4, -0.2) is 20.9 Å². The van der Waals surface area contributed by atoms with E-state index in [0.717, 1.165) is 17.5 Å². The Morgan fingerprint density at radius 1 is 1.08 bits per heavy atom. The van der Waals surface area contributed by atoms with Crippen molar-refractivity contribution in [1.29, 1.82) is 0 Å². The van der Waals surface area contributed by atoms with E-state index in [4.69, 9.17) is 0 Å². The molecule has 6 heteroatoms. The molecule has 2 aromatic rings. The molecule has 0 saturated carbocycles. The lowest BCUT2D eigenvalue weighted by Crippen LogP contribution is -2.26. The molecule has 1 amide bonds. The fourth-order valence-corrected chi connectivity index (χ4v) is 3.58. The molecule has 0 aliphatic heterocycles. The van der Waals surface area contributed by atoms with Gasteiger partial charge in [-0.1, -0.05) is 32.0 Å². The van der Waals surface area contributed by atoms with E-state index >= 15 is 0 Å². The summed E-state index contributed by atoms with van der Waals surface area (Å²) in [5.74, 6) is 0.234. The standard InChI is InChI=1S/C20H26N2O3S/c1-14(2)10-11-21-20(23)19-13-18(9-8-16(19)4)26(24,25)22-17-7-5-6-15(3)12-17/h5-9,12-14,22H,10-11H2,1-4H3,(H,21,23). The molecule has 26 heavy (non-hydrogen) atoms. The molecule has 0 heterocycles. The maximum absolute atomic E-state index is 12.7. The molecule has 140 valence electrons. The summed E-state index contributed by atoms with van der Waals surface area (Å²) < 4.78 is 27.9. The van der Waals surface area contributed by atoms with Crippen LogP contribution in [0.4, 0.5) is 5.69 Å². The molecule has 0 radical (unpaired) electrons. The first-order valence-corrected chi connectivity index (χ1v) is 10.2. The van der Waals surface area contributed by atoms with Gasteiger partial charge in [-0.15, -0.1) is 0 Å². The largest absolute Gasteiger partial charge is 0.352 e. The van der Waals surface area contributed by atoms with Gasteiger partial charge in [0.2, 0.25) is 0 Å². The van der Waals surface area contributed by atoms with Gasteiger partial charge in [0.15, 0.2) is 0 Å². The zero-order valence-corrected chi connectivity index (χ0v) is 16.5. The van der Waals surface area contributed by atoms with Crippen molar-refractivity contribution in [2.45, 2.75) is 39.0 Å². The molecule has 0 bridgehead atoms. The number of hydrogen-bond acceptors (Lipinski definition) is 3. The highest BCUT2D eigenvalue weighted by atomic mass is 32.2. The maximum Gasteiger partial charge on any atom is 0.261 e. The minimum absolute atomic E-state index is 0.0682. The minimum Gasteiger partial charge on any atom is -0.352 e. The zero-order chi connectivity index (χ0) is 19.3. The Balaban J connectivity index is 2.23. The number of hydrogen-bond donors (Lipinski definition) is 2. The Hall–Kier alpha value is -2.34. The minimum atomic E-state index is -3.77. The van der Waals surface area contributed by atoms with Crippen LogP contribution in [0, 0.1) is 19.8 Å². The second-order valence-corrected chi connectivity index (χ2v) is 8.57. The second kappa shape index (κ2) is 8.36. The summed E-state index contributed by atoms with van der Waals surface area (Å²) in [5, 5.41) is 2.85. The number of aryl methyl sites for hydroxylation is 2. The zero-order valence-electron chi connectivity index (χ0n) is 15.7. The van der Waals surface area contributed by atoms with E-state index < -0.39 is 10.0 Å². The normalized spacial score (nSPS) is 11.4. The Morgan fingerprint density at radius 2 is 1.81 bits per heavy atom. The van der Waals surface area contributed by atoms with Gasteiger partial charge >= 0.3 is 0 Å². The lowest BCUT2D eigenvalue weighted by molar-refractivity contribution is 0.0951. The van der Waals surface area contributed by atoms with Gasteiger partial charge in [0, 0.05) is 17.8 Å². The van der Waals surface area contributed by atoms with Crippen LogP contribution in [0.3, 0.4) is 0 Å². The highest BCUT2D eigenvalue weighted by Crippen LogP contribution is 2.20. The molecule has 0 fully saturated rings. The van der Waals surface area contributed by atoms with Crippen molar-refractivity contribution in [2.24, 2.45) is 5.92 Å². The van der Waals surface area contributed by atoms with Gasteiger partial charge in [0.05, 0.1) is 4.90 Å². The first kappa shape index (κ1) is 20.0. The molecular weight excluding hydrogens is 348 g/mol. The van der Waals surface area contributed by atoms with Crippen LogP contribution >= 0.6 is 0 Å². The third kappa shape index (κ3) is 5.33. The van der Waals surface area contributed by atoms with Crippen molar-refractivity contribution < 1.29 is 13.2 Å². The average Bonchev–Trinajstić information content (AvgIpc) is 2.54. The SMILES string of the molecule is Cc1cccc(NS(=O)(=O)c2ccc(C)c(C(=O)NCCC(C)C)c2)c1. The van der Waals surface area contributed by atoms with Gasteiger partial charge in [0.25, 0.3) is 15.9 Å². The summed E-state index contributed by atoms with van der Waals surface area (Å²) in [4.78, 5) is 12.5. The average molecular weight is 375 g/mol. The molecule has 0 aliphatic carbocycles. The third-order valence-corrected chi connectivity index (χ3v) is 5.42. The number of carbonyl (C=O) groups is 1. The first-order chi connectivity index (χ1) is 12.2. The van der Waals surface area contributed by atoms with E-state index in [0.29, 0.717) is 23.7 Å². The number of rotatable bonds is 7. The molecule has 0 spiro atoms. The summed E-state index contributed by atoms with van der Waals surface area (Å²) in [5.41, 5.74) is 2.57. The number of nitrogens with one attached hydrogen (secondary N) is 2. The predicted molar refractivity (Wildman–Crippen MR) is 105 cm³/mol. The summed E-state index contributed by atoms with van der Waals surface area (Å²) in [6.45, 7) is 8.42. The topological polar surface area (TPSA) is 75.3 Å². The lowest BCUT2D eigenvalue weighted by atomic mass is 10.1. The second-order valence-electron chi connectivity index (χ2n) is 6.89. The summed E-state index contributed by atoms with van der Waals surface area (Å²) in [6.07, 6.45) is 0.873. The van der Waals surface area contributed by atoms with Crippen molar-refractivity contribution in [2.75, 3.05) is 11.3 Å². The van der Waals surface area contributed by atoms with Crippen LogP contribution in [0.5, 0.6) is 0 Å². The van der Waals surface area contributed by atoms with Crippen molar-refractivity contribution in [1.82, 2.24) is 5.32 Å². The quantitative estimate of drug-likeness (QED) is 0.772. The molecule has 2 rings (SSSR count). The third-order valence-electron chi connectivity index (χ3n) is 4.04. The number of sulfonamides is 1. The van der Waals surface area contributed by atoms with Gasteiger partial charge in [0.1, 0.15) is 0 Å². The smallest absolute Gasteiger partial charge is 0.261 e. The van der Waals surface area contributed by atoms with Crippen molar-refractivity contribution in [3.05, 3.63) is 59.2 Å². The van der Waals surface area contributed by atoms with E-state index in [1.807, 2.05) is 13.0 Å². The lowest BCUT2D eigenvalue weighted by Gasteiger charge is -2.12. The van der Waals surface area contributed by atoms with E-state index in [1.165, 1.54) is 12.1 Å². The van der Waals surface area contributed by atoms with Gasteiger partial charge in [-0.25, -0.2) is 8.42 Å². The summed E-state index contributed by atoms with van der Waals surface area (Å²) >= 11 is 0. The van der Waals surface area contributed by atoms with Crippen molar-refractivity contribution >= 4 is 21.6 Å². The van der Waals surface area contributed by atoms with Crippen LogP contribution in [0.1, 0.15) is 41.8 Å². The van der Waals surface area contributed by atoms with Crippen molar-refractivity contribution in [3.8, 4) is 0 Å². The fraction of sp³-hybridized carbons (Fsp3) is 0.350. The molecular formula is C20H26N2O3S. The van der Waals surface area contributed by atoms with E-state index in [9.17, 15) is 13.2 Å². The number of benzene rings is 2. The summed E-state index contributed by atoms with van der Waals surface area (Å²) in [6, 6.07) is 11.7. The Morgan fingerprint density at radius 3 is 2.46 bits per heavy atom. The van der Waals surface area contributed by atoms with Crippen molar-refractivity contribution in [3.63, 3.8) is 0 Å². The number of amides is 1. The fourth-order valence-electron chi connectivity index (χ4n) is 2.51. The Bertz CT molecular complexity index is 890. The van der Waals surface area contributed by atoms with E-state index in [-0.39, 0.29) is 10.8 Å². The maximum atomic E-state index is 12.7. The van der Waals surface area contributed by atoms with Crippen LogP contribution in [0.15, 0.2) is 47.4 Å². The molecule has 2 N–H and O–H groups in total. The molecule has 0 saturated heterocycles. The van der Waals surface area contributed by atoms with Crippen LogP contribution in [-0.2, 0) is 10.0 Å². The molecule has 2 aromatic carbocycles. The van der Waals surface area contributed by atoms with E-state index in [1.54, 1.807) is 31.2 Å². The molecule has 5 nitrogen and oxygen atoms in total. The van der Waals surface area contributed by atoms with Gasteiger partial charge in [-0.2, -0.15) is 0 Å².